The number of nitrogens with zero attached hydrogens (tertiary/aromatic N) is 1. The van der Waals surface area contributed by atoms with E-state index in [1.807, 2.05) is 42.0 Å². The summed E-state index contributed by atoms with van der Waals surface area (Å²) in [6.45, 7) is 3.64. The van der Waals surface area contributed by atoms with Gasteiger partial charge >= 0.3 is 0 Å². The van der Waals surface area contributed by atoms with Crippen LogP contribution in [0.15, 0.2) is 30.5 Å². The molecule has 4 heteroatoms. The molecule has 0 spiro atoms. The number of carbonyl (C=O) groups excluding carboxylic acids is 1. The van der Waals surface area contributed by atoms with E-state index in [1.54, 1.807) is 0 Å². The second-order valence-electron chi connectivity index (χ2n) is 4.35. The zero-order chi connectivity index (χ0) is 13.0. The van der Waals surface area contributed by atoms with Crippen molar-refractivity contribution in [3.05, 3.63) is 36.0 Å². The molecule has 3 N–H and O–H groups in total. The zero-order valence-electron chi connectivity index (χ0n) is 10.6. The maximum absolute atomic E-state index is 11.7. The van der Waals surface area contributed by atoms with Gasteiger partial charge in [-0.1, -0.05) is 19.1 Å². The number of carbonyl (C=O) groups is 1. The molecule has 4 nitrogen and oxygen atoms in total. The fraction of sp³-hybridized carbons (Fsp3) is 0.357. The minimum atomic E-state index is 0.0486. The van der Waals surface area contributed by atoms with Crippen LogP contribution in [0.5, 0.6) is 0 Å². The van der Waals surface area contributed by atoms with Crippen molar-refractivity contribution in [2.75, 3.05) is 6.54 Å². The van der Waals surface area contributed by atoms with Gasteiger partial charge in [-0.25, -0.2) is 0 Å². The Kier molecular flexibility index (Phi) is 3.99. The number of aromatic nitrogens is 1. The molecule has 0 fully saturated rings. The lowest BCUT2D eigenvalue weighted by Gasteiger charge is -2.07. The first-order valence-corrected chi connectivity index (χ1v) is 6.29. The zero-order valence-corrected chi connectivity index (χ0v) is 10.6. The first kappa shape index (κ1) is 12.6. The predicted octanol–water partition coefficient (Wildman–Crippen LogP) is 1.63. The number of nitrogens with two attached hydrogens (primary N) is 1. The maximum Gasteiger partial charge on any atom is 0.239 e. The lowest BCUT2D eigenvalue weighted by Crippen LogP contribution is -2.27. The van der Waals surface area contributed by atoms with Crippen LogP contribution < -0.4 is 11.1 Å². The van der Waals surface area contributed by atoms with Crippen LogP contribution in [-0.2, 0) is 17.9 Å². The van der Waals surface area contributed by atoms with Gasteiger partial charge in [0.1, 0.15) is 6.54 Å². The minimum Gasteiger partial charge on any atom is -0.355 e. The molecule has 0 saturated carbocycles. The quantitative estimate of drug-likeness (QED) is 0.841. The van der Waals surface area contributed by atoms with Gasteiger partial charge in [0.2, 0.25) is 5.91 Å². The van der Waals surface area contributed by atoms with Crippen LogP contribution in [0.3, 0.4) is 0 Å². The number of benzene rings is 1. The van der Waals surface area contributed by atoms with Crippen molar-refractivity contribution < 1.29 is 4.79 Å². The maximum atomic E-state index is 11.7. The SMILES string of the molecule is CCCNC(=O)Cn1ccc2c(CN)cccc21. The standard InChI is InChI=1S/C14H19N3O/c1-2-7-16-14(18)10-17-8-6-12-11(9-15)4-3-5-13(12)17/h3-6,8H,2,7,9-10,15H2,1H3,(H,16,18). The highest BCUT2D eigenvalue weighted by Crippen LogP contribution is 2.19. The number of rotatable bonds is 5. The Balaban J connectivity index is 2.22. The molecule has 1 aromatic heterocycles. The third kappa shape index (κ3) is 2.54. The van der Waals surface area contributed by atoms with E-state index in [0.717, 1.165) is 29.4 Å². The summed E-state index contributed by atoms with van der Waals surface area (Å²) in [6.07, 6.45) is 2.89. The highest BCUT2D eigenvalue weighted by Gasteiger charge is 2.07. The summed E-state index contributed by atoms with van der Waals surface area (Å²) in [5.74, 6) is 0.0486. The topological polar surface area (TPSA) is 60.0 Å². The van der Waals surface area contributed by atoms with Crippen LogP contribution in [-0.4, -0.2) is 17.0 Å². The van der Waals surface area contributed by atoms with Gasteiger partial charge in [0.05, 0.1) is 0 Å². The van der Waals surface area contributed by atoms with Gasteiger partial charge < -0.3 is 15.6 Å². The lowest BCUT2D eigenvalue weighted by atomic mass is 10.1. The van der Waals surface area contributed by atoms with E-state index >= 15 is 0 Å². The Labute approximate surface area is 107 Å². The normalized spacial score (nSPS) is 10.8. The van der Waals surface area contributed by atoms with E-state index in [1.165, 1.54) is 0 Å². The van der Waals surface area contributed by atoms with Crippen molar-refractivity contribution in [3.8, 4) is 0 Å². The molecule has 0 atom stereocenters. The van der Waals surface area contributed by atoms with Crippen LogP contribution in [0, 0.1) is 0 Å². The van der Waals surface area contributed by atoms with Gasteiger partial charge in [-0.3, -0.25) is 4.79 Å². The van der Waals surface area contributed by atoms with Crippen LogP contribution in [0.1, 0.15) is 18.9 Å². The van der Waals surface area contributed by atoms with E-state index in [2.05, 4.69) is 5.32 Å². The fourth-order valence-corrected chi connectivity index (χ4v) is 2.08. The van der Waals surface area contributed by atoms with E-state index in [-0.39, 0.29) is 5.91 Å². The molecule has 2 aromatic rings. The molecule has 1 aromatic carbocycles. The molecule has 0 bridgehead atoms. The van der Waals surface area contributed by atoms with Crippen molar-refractivity contribution >= 4 is 16.8 Å². The van der Waals surface area contributed by atoms with E-state index in [0.29, 0.717) is 13.1 Å². The lowest BCUT2D eigenvalue weighted by molar-refractivity contribution is -0.121. The molecule has 1 heterocycles. The van der Waals surface area contributed by atoms with Gasteiger partial charge in [-0.15, -0.1) is 0 Å². The summed E-state index contributed by atoms with van der Waals surface area (Å²) in [7, 11) is 0. The molecule has 0 aliphatic heterocycles. The monoisotopic (exact) mass is 245 g/mol. The smallest absolute Gasteiger partial charge is 0.239 e. The molecule has 0 unspecified atom stereocenters. The molecule has 18 heavy (non-hydrogen) atoms. The predicted molar refractivity (Wildman–Crippen MR) is 73.1 cm³/mol. The molecule has 2 rings (SSSR count). The summed E-state index contributed by atoms with van der Waals surface area (Å²) in [4.78, 5) is 11.7. The molecular weight excluding hydrogens is 226 g/mol. The van der Waals surface area contributed by atoms with Gasteiger partial charge in [0, 0.05) is 30.2 Å². The van der Waals surface area contributed by atoms with E-state index in [4.69, 9.17) is 5.73 Å². The summed E-state index contributed by atoms with van der Waals surface area (Å²) >= 11 is 0. The number of amides is 1. The van der Waals surface area contributed by atoms with Gasteiger partial charge in [-0.05, 0) is 24.1 Å². The number of hydrogen-bond donors (Lipinski definition) is 2. The number of hydrogen-bond acceptors (Lipinski definition) is 2. The Morgan fingerprint density at radius 2 is 2.22 bits per heavy atom. The van der Waals surface area contributed by atoms with Crippen LogP contribution in [0.25, 0.3) is 10.9 Å². The van der Waals surface area contributed by atoms with E-state index in [9.17, 15) is 4.79 Å². The van der Waals surface area contributed by atoms with Gasteiger partial charge in [-0.2, -0.15) is 0 Å². The third-order valence-electron chi connectivity index (χ3n) is 3.01. The van der Waals surface area contributed by atoms with Crippen LogP contribution in [0.2, 0.25) is 0 Å². The minimum absolute atomic E-state index is 0.0486. The molecule has 96 valence electrons. The number of nitrogens with one attached hydrogen (secondary N) is 1. The van der Waals surface area contributed by atoms with Crippen LogP contribution in [0.4, 0.5) is 0 Å². The summed E-state index contributed by atoms with van der Waals surface area (Å²) in [5, 5.41) is 4.01. The van der Waals surface area contributed by atoms with E-state index < -0.39 is 0 Å². The highest BCUT2D eigenvalue weighted by atomic mass is 16.1. The summed E-state index contributed by atoms with van der Waals surface area (Å²) < 4.78 is 1.96. The van der Waals surface area contributed by atoms with Gasteiger partial charge in [0.25, 0.3) is 0 Å². The summed E-state index contributed by atoms with van der Waals surface area (Å²) in [6, 6.07) is 8.03. The van der Waals surface area contributed by atoms with Crippen molar-refractivity contribution in [2.24, 2.45) is 5.73 Å². The largest absolute Gasteiger partial charge is 0.355 e. The van der Waals surface area contributed by atoms with Crippen molar-refractivity contribution in [2.45, 2.75) is 26.4 Å². The average molecular weight is 245 g/mol. The Morgan fingerprint density at radius 1 is 1.39 bits per heavy atom. The molecule has 0 aliphatic carbocycles. The molecule has 1 amide bonds. The third-order valence-corrected chi connectivity index (χ3v) is 3.01. The Morgan fingerprint density at radius 3 is 2.94 bits per heavy atom. The molecular formula is C14H19N3O. The van der Waals surface area contributed by atoms with Crippen LogP contribution >= 0.6 is 0 Å². The van der Waals surface area contributed by atoms with Crippen molar-refractivity contribution in [1.29, 1.82) is 0 Å². The second-order valence-corrected chi connectivity index (χ2v) is 4.35. The average Bonchev–Trinajstić information content (AvgIpc) is 2.79. The highest BCUT2D eigenvalue weighted by molar-refractivity contribution is 5.85. The van der Waals surface area contributed by atoms with Crippen molar-refractivity contribution in [1.82, 2.24) is 9.88 Å². The van der Waals surface area contributed by atoms with Gasteiger partial charge in [0.15, 0.2) is 0 Å². The van der Waals surface area contributed by atoms with Crippen molar-refractivity contribution in [3.63, 3.8) is 0 Å². The fourth-order valence-electron chi connectivity index (χ4n) is 2.08. The Bertz CT molecular complexity index is 545. The first-order valence-electron chi connectivity index (χ1n) is 6.29. The molecule has 0 saturated heterocycles. The molecule has 0 radical (unpaired) electrons. The number of fused-ring (bicyclic) bond motifs is 1. The summed E-state index contributed by atoms with van der Waals surface area (Å²) in [5.41, 5.74) is 7.87. The second kappa shape index (κ2) is 5.69. The molecule has 0 aliphatic rings. The Hall–Kier alpha value is -1.81. The first-order chi connectivity index (χ1) is 8.76.